The topological polar surface area (TPSA) is 66.6 Å². The van der Waals surface area contributed by atoms with Gasteiger partial charge in [-0.25, -0.2) is 0 Å². The first-order valence-corrected chi connectivity index (χ1v) is 6.59. The third-order valence-electron chi connectivity index (χ3n) is 2.91. The number of anilines is 1. The van der Waals surface area contributed by atoms with E-state index in [4.69, 9.17) is 0 Å². The summed E-state index contributed by atoms with van der Waals surface area (Å²) in [6, 6.07) is 1.94. The van der Waals surface area contributed by atoms with Gasteiger partial charge in [0.2, 0.25) is 0 Å². The minimum Gasteiger partial charge on any atom is -0.388 e. The van der Waals surface area contributed by atoms with Gasteiger partial charge in [0.25, 0.3) is 0 Å². The molecule has 0 aliphatic heterocycles. The van der Waals surface area contributed by atoms with Crippen LogP contribution >= 0.6 is 11.3 Å². The molecule has 1 aromatic rings. The molecule has 1 aliphatic rings. The Morgan fingerprint density at radius 3 is 2.76 bits per heavy atom. The summed E-state index contributed by atoms with van der Waals surface area (Å²) in [5.74, 6) is 0. The standard InChI is InChI=1S/C11H16N2O3S/c1-3-12(8-4-5-8)11-9(13(15)16)6-10(17-11)7(2)14/h6-8,14H,3-5H2,1-2H3/t7-/m0/s1. The first-order chi connectivity index (χ1) is 8.04. The Hall–Kier alpha value is -1.14. The van der Waals surface area contributed by atoms with Gasteiger partial charge in [0, 0.05) is 23.5 Å². The molecule has 1 fully saturated rings. The summed E-state index contributed by atoms with van der Waals surface area (Å²) in [7, 11) is 0. The van der Waals surface area contributed by atoms with Crippen molar-refractivity contribution in [3.8, 4) is 0 Å². The molecule has 5 nitrogen and oxygen atoms in total. The number of nitro groups is 1. The first kappa shape index (κ1) is 12.3. The summed E-state index contributed by atoms with van der Waals surface area (Å²) in [6.45, 7) is 4.40. The highest BCUT2D eigenvalue weighted by atomic mass is 32.1. The van der Waals surface area contributed by atoms with Crippen LogP contribution in [-0.2, 0) is 0 Å². The van der Waals surface area contributed by atoms with Crippen molar-refractivity contribution in [2.24, 2.45) is 0 Å². The molecular weight excluding hydrogens is 240 g/mol. The molecule has 17 heavy (non-hydrogen) atoms. The molecule has 0 bridgehead atoms. The van der Waals surface area contributed by atoms with Gasteiger partial charge in [-0.2, -0.15) is 0 Å². The number of hydrogen-bond donors (Lipinski definition) is 1. The number of thiophene rings is 1. The molecule has 0 aromatic carbocycles. The van der Waals surface area contributed by atoms with Gasteiger partial charge in [0.05, 0.1) is 11.0 Å². The molecule has 1 atom stereocenters. The maximum absolute atomic E-state index is 11.0. The fraction of sp³-hybridized carbons (Fsp3) is 0.636. The van der Waals surface area contributed by atoms with E-state index in [1.54, 1.807) is 6.92 Å². The fourth-order valence-electron chi connectivity index (χ4n) is 1.89. The highest BCUT2D eigenvalue weighted by molar-refractivity contribution is 7.16. The van der Waals surface area contributed by atoms with Crippen molar-refractivity contribution in [1.82, 2.24) is 0 Å². The Labute approximate surface area is 104 Å². The number of nitrogens with zero attached hydrogens (tertiary/aromatic N) is 2. The number of rotatable bonds is 5. The summed E-state index contributed by atoms with van der Waals surface area (Å²) in [5, 5.41) is 21.2. The molecular formula is C11H16N2O3S. The second-order valence-electron chi connectivity index (χ2n) is 4.29. The molecule has 0 spiro atoms. The zero-order chi connectivity index (χ0) is 12.6. The molecule has 6 heteroatoms. The van der Waals surface area contributed by atoms with Crippen LogP contribution in [0.3, 0.4) is 0 Å². The summed E-state index contributed by atoms with van der Waals surface area (Å²) in [5.41, 5.74) is 0.125. The van der Waals surface area contributed by atoms with Crippen LogP contribution in [0, 0.1) is 10.1 Å². The normalized spacial score (nSPS) is 16.9. The summed E-state index contributed by atoms with van der Waals surface area (Å²) in [4.78, 5) is 13.4. The first-order valence-electron chi connectivity index (χ1n) is 5.77. The maximum atomic E-state index is 11.0. The summed E-state index contributed by atoms with van der Waals surface area (Å²) >= 11 is 1.33. The second kappa shape index (κ2) is 4.62. The molecule has 1 aromatic heterocycles. The van der Waals surface area contributed by atoms with E-state index in [2.05, 4.69) is 4.90 Å². The third-order valence-corrected chi connectivity index (χ3v) is 4.24. The van der Waals surface area contributed by atoms with Crippen LogP contribution in [0.5, 0.6) is 0 Å². The van der Waals surface area contributed by atoms with Gasteiger partial charge < -0.3 is 10.0 Å². The molecule has 94 valence electrons. The van der Waals surface area contributed by atoms with E-state index < -0.39 is 6.10 Å². The van der Waals surface area contributed by atoms with Gasteiger partial charge in [-0.3, -0.25) is 10.1 Å². The molecule has 1 saturated carbocycles. The van der Waals surface area contributed by atoms with Crippen molar-refractivity contribution < 1.29 is 10.0 Å². The van der Waals surface area contributed by atoms with Gasteiger partial charge in [0.1, 0.15) is 0 Å². The molecule has 0 amide bonds. The zero-order valence-electron chi connectivity index (χ0n) is 9.92. The predicted molar refractivity (Wildman–Crippen MR) is 67.6 cm³/mol. The Balaban J connectivity index is 2.38. The Bertz CT molecular complexity index is 426. The Kier molecular flexibility index (Phi) is 3.35. The molecule has 0 saturated heterocycles. The van der Waals surface area contributed by atoms with Crippen LogP contribution in [0.4, 0.5) is 10.7 Å². The van der Waals surface area contributed by atoms with Gasteiger partial charge in [0.15, 0.2) is 5.00 Å². The smallest absolute Gasteiger partial charge is 0.304 e. The largest absolute Gasteiger partial charge is 0.388 e. The highest BCUT2D eigenvalue weighted by Crippen LogP contribution is 2.44. The average Bonchev–Trinajstić information content (AvgIpc) is 2.97. The minimum absolute atomic E-state index is 0.125. The second-order valence-corrected chi connectivity index (χ2v) is 5.35. The van der Waals surface area contributed by atoms with Crippen molar-refractivity contribution >= 4 is 22.0 Å². The summed E-state index contributed by atoms with van der Waals surface area (Å²) < 4.78 is 0. The predicted octanol–water partition coefficient (Wildman–Crippen LogP) is 2.70. The van der Waals surface area contributed by atoms with Crippen molar-refractivity contribution in [2.75, 3.05) is 11.4 Å². The van der Waals surface area contributed by atoms with E-state index in [0.29, 0.717) is 15.9 Å². The van der Waals surface area contributed by atoms with E-state index in [0.717, 1.165) is 19.4 Å². The molecule has 1 heterocycles. The lowest BCUT2D eigenvalue weighted by Gasteiger charge is -2.19. The fourth-order valence-corrected chi connectivity index (χ4v) is 3.08. The molecule has 0 radical (unpaired) electrons. The number of aliphatic hydroxyl groups is 1. The van der Waals surface area contributed by atoms with E-state index >= 15 is 0 Å². The van der Waals surface area contributed by atoms with Crippen LogP contribution in [0.1, 0.15) is 37.7 Å². The van der Waals surface area contributed by atoms with Crippen LogP contribution in [0.25, 0.3) is 0 Å². The number of hydrogen-bond acceptors (Lipinski definition) is 5. The van der Waals surface area contributed by atoms with Crippen molar-refractivity contribution in [3.05, 3.63) is 21.1 Å². The van der Waals surface area contributed by atoms with Crippen LogP contribution in [0.15, 0.2) is 6.07 Å². The minimum atomic E-state index is -0.648. The lowest BCUT2D eigenvalue weighted by molar-refractivity contribution is -0.383. The summed E-state index contributed by atoms with van der Waals surface area (Å²) in [6.07, 6.45) is 1.56. The third kappa shape index (κ3) is 2.42. The van der Waals surface area contributed by atoms with E-state index in [9.17, 15) is 15.2 Å². The Morgan fingerprint density at radius 2 is 2.35 bits per heavy atom. The monoisotopic (exact) mass is 256 g/mol. The molecule has 1 N–H and O–H groups in total. The molecule has 1 aliphatic carbocycles. The van der Waals surface area contributed by atoms with Gasteiger partial charge in [-0.05, 0) is 26.7 Å². The van der Waals surface area contributed by atoms with E-state index in [1.807, 2.05) is 6.92 Å². The SMILES string of the molecule is CCN(c1sc([C@H](C)O)cc1[N+](=O)[O-])C1CC1. The van der Waals surface area contributed by atoms with E-state index in [-0.39, 0.29) is 10.6 Å². The van der Waals surface area contributed by atoms with Gasteiger partial charge in [-0.1, -0.05) is 0 Å². The lowest BCUT2D eigenvalue weighted by atomic mass is 10.3. The quantitative estimate of drug-likeness (QED) is 0.649. The lowest BCUT2D eigenvalue weighted by Crippen LogP contribution is -2.24. The average molecular weight is 256 g/mol. The zero-order valence-corrected chi connectivity index (χ0v) is 10.7. The van der Waals surface area contributed by atoms with Crippen molar-refractivity contribution in [2.45, 2.75) is 38.8 Å². The Morgan fingerprint density at radius 1 is 1.71 bits per heavy atom. The van der Waals surface area contributed by atoms with Crippen LogP contribution in [-0.4, -0.2) is 22.6 Å². The molecule has 0 unspecified atom stereocenters. The van der Waals surface area contributed by atoms with Crippen molar-refractivity contribution in [1.29, 1.82) is 0 Å². The van der Waals surface area contributed by atoms with Gasteiger partial charge >= 0.3 is 5.69 Å². The molecule has 2 rings (SSSR count). The van der Waals surface area contributed by atoms with Crippen molar-refractivity contribution in [3.63, 3.8) is 0 Å². The highest BCUT2D eigenvalue weighted by Gasteiger charge is 2.34. The van der Waals surface area contributed by atoms with Crippen LogP contribution < -0.4 is 4.90 Å². The van der Waals surface area contributed by atoms with E-state index in [1.165, 1.54) is 17.4 Å². The van der Waals surface area contributed by atoms with Gasteiger partial charge in [-0.15, -0.1) is 11.3 Å². The maximum Gasteiger partial charge on any atom is 0.304 e. The van der Waals surface area contributed by atoms with Crippen LogP contribution in [0.2, 0.25) is 0 Å². The number of aliphatic hydroxyl groups excluding tert-OH is 1.